The molecule has 86 heavy (non-hydrogen) atoms. The molecule has 0 saturated heterocycles. The summed E-state index contributed by atoms with van der Waals surface area (Å²) in [5, 5.41) is 0. The van der Waals surface area contributed by atoms with Crippen molar-refractivity contribution in [1.29, 1.82) is 0 Å². The van der Waals surface area contributed by atoms with Crippen molar-refractivity contribution in [2.24, 2.45) is 0 Å². The molecule has 14 aromatic rings. The summed E-state index contributed by atoms with van der Waals surface area (Å²) in [5.74, 6) is 0. The van der Waals surface area contributed by atoms with Crippen molar-refractivity contribution < 1.29 is 0 Å². The molecular weight excluding hydrogens is 1040 g/mol. The number of hydrogen-bond donors (Lipinski definition) is 0. The minimum atomic E-state index is 1.07. The molecule has 0 aliphatic heterocycles. The number of nitrogens with zero attached hydrogens (tertiary/aromatic N) is 2. The van der Waals surface area contributed by atoms with Gasteiger partial charge in [0.25, 0.3) is 0 Å². The van der Waals surface area contributed by atoms with Crippen molar-refractivity contribution in [3.8, 4) is 100 Å². The molecule has 0 saturated carbocycles. The first-order chi connectivity index (χ1) is 42.6. The maximum absolute atomic E-state index is 2.36. The van der Waals surface area contributed by atoms with Crippen molar-refractivity contribution in [2.75, 3.05) is 9.80 Å². The van der Waals surface area contributed by atoms with Crippen molar-refractivity contribution in [1.82, 2.24) is 0 Å². The fourth-order valence-electron chi connectivity index (χ4n) is 11.7. The minimum absolute atomic E-state index is 1.07. The van der Waals surface area contributed by atoms with E-state index < -0.39 is 0 Å². The molecule has 0 radical (unpaired) electrons. The van der Waals surface area contributed by atoms with Gasteiger partial charge in [-0.05, 0) is 197 Å². The van der Waals surface area contributed by atoms with Gasteiger partial charge in [0, 0.05) is 34.1 Å². The monoisotopic (exact) mass is 1100 g/mol. The van der Waals surface area contributed by atoms with E-state index in [-0.39, 0.29) is 0 Å². The van der Waals surface area contributed by atoms with Crippen LogP contribution in [-0.2, 0) is 0 Å². The smallest absolute Gasteiger partial charge is 0.0462 e. The molecule has 0 aromatic heterocycles. The maximum atomic E-state index is 2.36. The Hall–Kier alpha value is -11.3. The van der Waals surface area contributed by atoms with E-state index in [1.54, 1.807) is 0 Å². The normalized spacial score (nSPS) is 11.0. The first-order valence-electron chi connectivity index (χ1n) is 29.4. The average molecular weight is 1100 g/mol. The standard InChI is InChI=1S/C84H60N2/c1-5-17-61(18-6-1)71-25-13-29-75(57-71)67-37-49-81(50-38-67)85(82-51-39-68(40-52-82)76-30-14-26-72(58-76)62-19-7-2-8-20-62)79-45-33-65(34-46-79)66-35-47-80(48-36-66)86(83-53-41-69(42-54-83)77-31-15-27-73(59-77)63-21-9-3-10-22-63)84-55-43-70(44-56-84)78-32-16-28-74(60-78)64-23-11-4-12-24-64/h1-60H. The number of rotatable bonds is 15. The summed E-state index contributed by atoms with van der Waals surface area (Å²) in [5.41, 5.74) is 27.8. The molecule has 0 unspecified atom stereocenters. The summed E-state index contributed by atoms with van der Waals surface area (Å²) in [4.78, 5) is 4.71. The second kappa shape index (κ2) is 24.3. The van der Waals surface area contributed by atoms with Gasteiger partial charge >= 0.3 is 0 Å². The highest BCUT2D eigenvalue weighted by atomic mass is 15.1. The lowest BCUT2D eigenvalue weighted by Crippen LogP contribution is -2.10. The van der Waals surface area contributed by atoms with Crippen LogP contribution in [0.15, 0.2) is 364 Å². The van der Waals surface area contributed by atoms with Gasteiger partial charge in [0.05, 0.1) is 0 Å². The molecule has 0 aliphatic rings. The van der Waals surface area contributed by atoms with Gasteiger partial charge in [-0.3, -0.25) is 0 Å². The summed E-state index contributed by atoms with van der Waals surface area (Å²) < 4.78 is 0. The number of benzene rings is 14. The fraction of sp³-hybridized carbons (Fsp3) is 0. The predicted octanol–water partition coefficient (Wildman–Crippen LogP) is 23.6. The van der Waals surface area contributed by atoms with Crippen LogP contribution in [0.4, 0.5) is 34.1 Å². The Bertz CT molecular complexity index is 3990. The zero-order valence-electron chi connectivity index (χ0n) is 47.5. The Morgan fingerprint density at radius 3 is 0.395 bits per heavy atom. The van der Waals surface area contributed by atoms with Gasteiger partial charge in [-0.25, -0.2) is 0 Å². The third-order valence-corrected chi connectivity index (χ3v) is 16.3. The molecular formula is C84H60N2. The molecule has 0 heterocycles. The second-order valence-electron chi connectivity index (χ2n) is 21.7. The molecule has 0 N–H and O–H groups in total. The SMILES string of the molecule is c1ccc(-c2cccc(-c3ccc(N(c4ccc(-c5ccc(N(c6ccc(-c7cccc(-c8ccccc8)c7)cc6)c6ccc(-c7cccc(-c8ccccc8)c7)cc6)cc5)cc4)c4ccc(-c5cccc(-c6ccccc6)c5)cc4)cc3)c2)cc1. The van der Waals surface area contributed by atoms with Gasteiger partial charge in [-0.1, -0.05) is 267 Å². The lowest BCUT2D eigenvalue weighted by molar-refractivity contribution is 1.28. The van der Waals surface area contributed by atoms with Gasteiger partial charge in [-0.2, -0.15) is 0 Å². The molecule has 0 bridgehead atoms. The largest absolute Gasteiger partial charge is 0.311 e. The van der Waals surface area contributed by atoms with Gasteiger partial charge in [0.15, 0.2) is 0 Å². The molecule has 14 aromatic carbocycles. The Balaban J connectivity index is 0.778. The third-order valence-electron chi connectivity index (χ3n) is 16.3. The molecule has 2 nitrogen and oxygen atoms in total. The van der Waals surface area contributed by atoms with E-state index in [1.165, 1.54) is 89.0 Å². The van der Waals surface area contributed by atoms with Crippen LogP contribution in [0.3, 0.4) is 0 Å². The first kappa shape index (κ1) is 52.7. The Labute approximate surface area is 505 Å². The van der Waals surface area contributed by atoms with E-state index in [2.05, 4.69) is 374 Å². The van der Waals surface area contributed by atoms with Crippen LogP contribution in [0.2, 0.25) is 0 Å². The van der Waals surface area contributed by atoms with Crippen molar-refractivity contribution >= 4 is 34.1 Å². The van der Waals surface area contributed by atoms with Gasteiger partial charge in [-0.15, -0.1) is 0 Å². The van der Waals surface area contributed by atoms with E-state index in [0.717, 1.165) is 45.3 Å². The molecule has 14 rings (SSSR count). The van der Waals surface area contributed by atoms with Crippen LogP contribution < -0.4 is 9.80 Å². The Morgan fingerprint density at radius 1 is 0.105 bits per heavy atom. The van der Waals surface area contributed by atoms with Crippen LogP contribution in [0.1, 0.15) is 0 Å². The molecule has 0 atom stereocenters. The average Bonchev–Trinajstić information content (AvgIpc) is 3.33. The second-order valence-corrected chi connectivity index (χ2v) is 21.7. The van der Waals surface area contributed by atoms with E-state index in [4.69, 9.17) is 0 Å². The summed E-state index contributed by atoms with van der Waals surface area (Å²) in [6.07, 6.45) is 0. The molecule has 0 amide bonds. The number of anilines is 6. The highest BCUT2D eigenvalue weighted by Gasteiger charge is 2.17. The molecule has 406 valence electrons. The van der Waals surface area contributed by atoms with Crippen LogP contribution in [0.25, 0.3) is 100 Å². The topological polar surface area (TPSA) is 6.48 Å². The van der Waals surface area contributed by atoms with E-state index in [9.17, 15) is 0 Å². The fourth-order valence-corrected chi connectivity index (χ4v) is 11.7. The van der Waals surface area contributed by atoms with Gasteiger partial charge in [0.2, 0.25) is 0 Å². The molecule has 0 fully saturated rings. The van der Waals surface area contributed by atoms with Crippen LogP contribution >= 0.6 is 0 Å². The molecule has 0 spiro atoms. The first-order valence-corrected chi connectivity index (χ1v) is 29.4. The lowest BCUT2D eigenvalue weighted by Gasteiger charge is -2.27. The van der Waals surface area contributed by atoms with Crippen LogP contribution in [0, 0.1) is 0 Å². The third kappa shape index (κ3) is 11.4. The summed E-state index contributed by atoms with van der Waals surface area (Å²) in [6.45, 7) is 0. The Kier molecular flexibility index (Phi) is 14.9. The minimum Gasteiger partial charge on any atom is -0.311 e. The maximum Gasteiger partial charge on any atom is 0.0462 e. The summed E-state index contributed by atoms with van der Waals surface area (Å²) >= 11 is 0. The lowest BCUT2D eigenvalue weighted by atomic mass is 9.98. The van der Waals surface area contributed by atoms with Crippen LogP contribution in [-0.4, -0.2) is 0 Å². The van der Waals surface area contributed by atoms with E-state index >= 15 is 0 Å². The zero-order chi connectivity index (χ0) is 57.4. The van der Waals surface area contributed by atoms with E-state index in [1.807, 2.05) is 0 Å². The number of hydrogen-bond acceptors (Lipinski definition) is 2. The van der Waals surface area contributed by atoms with E-state index in [0.29, 0.717) is 0 Å². The zero-order valence-corrected chi connectivity index (χ0v) is 47.5. The predicted molar refractivity (Wildman–Crippen MR) is 365 cm³/mol. The Morgan fingerprint density at radius 2 is 0.233 bits per heavy atom. The highest BCUT2D eigenvalue weighted by Crippen LogP contribution is 2.42. The molecule has 2 heteroatoms. The quantitative estimate of drug-likeness (QED) is 0.101. The van der Waals surface area contributed by atoms with Crippen molar-refractivity contribution in [3.05, 3.63) is 364 Å². The van der Waals surface area contributed by atoms with Crippen molar-refractivity contribution in [2.45, 2.75) is 0 Å². The highest BCUT2D eigenvalue weighted by molar-refractivity contribution is 5.86. The van der Waals surface area contributed by atoms with Gasteiger partial charge in [0.1, 0.15) is 0 Å². The van der Waals surface area contributed by atoms with Crippen LogP contribution in [0.5, 0.6) is 0 Å². The summed E-state index contributed by atoms with van der Waals surface area (Å²) in [6, 6.07) is 132. The summed E-state index contributed by atoms with van der Waals surface area (Å²) in [7, 11) is 0. The van der Waals surface area contributed by atoms with Crippen molar-refractivity contribution in [3.63, 3.8) is 0 Å². The molecule has 0 aliphatic carbocycles. The van der Waals surface area contributed by atoms with Gasteiger partial charge < -0.3 is 9.80 Å².